The Morgan fingerprint density at radius 3 is 1.74 bits per heavy atom. The highest BCUT2D eigenvalue weighted by Crippen LogP contribution is 2.47. The fourth-order valence-electron chi connectivity index (χ4n) is 3.77. The Kier molecular flexibility index (Phi) is 4.45. The molecule has 0 saturated heterocycles. The van der Waals surface area contributed by atoms with Crippen molar-refractivity contribution in [1.29, 1.82) is 0 Å². The topological polar surface area (TPSA) is 0 Å². The van der Waals surface area contributed by atoms with E-state index in [0.29, 0.717) is 4.83 Å². The van der Waals surface area contributed by atoms with E-state index < -0.39 is 0 Å². The third-order valence-corrected chi connectivity index (χ3v) is 6.77. The normalized spacial score (nSPS) is 24.8. The van der Waals surface area contributed by atoms with Gasteiger partial charge in [-0.2, -0.15) is 0 Å². The van der Waals surface area contributed by atoms with Crippen molar-refractivity contribution >= 4 is 15.9 Å². The largest absolute Gasteiger partial charge is 0.0835 e. The summed E-state index contributed by atoms with van der Waals surface area (Å²) in [5.41, 5.74) is 9.00. The molecule has 106 valence electrons. The molecule has 1 heteroatoms. The molecule has 0 amide bonds. The molecule has 0 spiro atoms. The van der Waals surface area contributed by atoms with Crippen molar-refractivity contribution in [2.45, 2.75) is 65.6 Å². The first-order chi connectivity index (χ1) is 8.86. The third-order valence-electron chi connectivity index (χ3n) is 5.64. The van der Waals surface area contributed by atoms with Crippen LogP contribution in [0.4, 0.5) is 0 Å². The maximum Gasteiger partial charge on any atom is 0.0431 e. The van der Waals surface area contributed by atoms with Gasteiger partial charge in [-0.25, -0.2) is 0 Å². The van der Waals surface area contributed by atoms with Crippen LogP contribution < -0.4 is 0 Å². The smallest absolute Gasteiger partial charge is 0.0431 e. The van der Waals surface area contributed by atoms with Gasteiger partial charge >= 0.3 is 0 Å². The molecule has 0 N–H and O–H groups in total. The standard InChI is InChI=1S/C18H27Br/c1-10-8-7-9-16(10)18(19)17-14(5)12(3)11(2)13(4)15(17)6/h10,16,18H,7-9H2,1-6H3. The van der Waals surface area contributed by atoms with Crippen LogP contribution in [0.5, 0.6) is 0 Å². The first kappa shape index (κ1) is 15.1. The number of hydrogen-bond donors (Lipinski definition) is 0. The van der Waals surface area contributed by atoms with Gasteiger partial charge < -0.3 is 0 Å². The van der Waals surface area contributed by atoms with Gasteiger partial charge in [0, 0.05) is 4.83 Å². The Morgan fingerprint density at radius 1 is 0.842 bits per heavy atom. The molecule has 0 nitrogen and oxygen atoms in total. The van der Waals surface area contributed by atoms with Crippen LogP contribution in [0.25, 0.3) is 0 Å². The van der Waals surface area contributed by atoms with Crippen molar-refractivity contribution in [3.8, 4) is 0 Å². The lowest BCUT2D eigenvalue weighted by molar-refractivity contribution is 0.412. The van der Waals surface area contributed by atoms with E-state index in [2.05, 4.69) is 57.5 Å². The minimum atomic E-state index is 0.531. The zero-order valence-corrected chi connectivity index (χ0v) is 14.8. The Labute approximate surface area is 127 Å². The van der Waals surface area contributed by atoms with Crippen LogP contribution in [0.2, 0.25) is 0 Å². The second kappa shape index (κ2) is 5.60. The molecule has 1 aromatic rings. The van der Waals surface area contributed by atoms with Gasteiger partial charge in [0.25, 0.3) is 0 Å². The summed E-state index contributed by atoms with van der Waals surface area (Å²) in [7, 11) is 0. The molecule has 3 atom stereocenters. The molecular formula is C18H27Br. The molecule has 1 fully saturated rings. The maximum absolute atomic E-state index is 4.05. The van der Waals surface area contributed by atoms with Gasteiger partial charge in [0.2, 0.25) is 0 Å². The molecule has 0 heterocycles. The van der Waals surface area contributed by atoms with Gasteiger partial charge in [-0.1, -0.05) is 35.7 Å². The molecular weight excluding hydrogens is 296 g/mol. The van der Waals surface area contributed by atoms with E-state index in [-0.39, 0.29) is 0 Å². The molecule has 0 aromatic heterocycles. The van der Waals surface area contributed by atoms with Crippen LogP contribution in [0.1, 0.15) is 64.4 Å². The summed E-state index contributed by atoms with van der Waals surface area (Å²) in [6, 6.07) is 0. The number of rotatable bonds is 2. The summed E-state index contributed by atoms with van der Waals surface area (Å²) < 4.78 is 0. The molecule has 0 aliphatic heterocycles. The molecule has 2 rings (SSSR count). The Morgan fingerprint density at radius 2 is 1.32 bits per heavy atom. The molecule has 1 aliphatic carbocycles. The third kappa shape index (κ3) is 2.51. The van der Waals surface area contributed by atoms with E-state index in [0.717, 1.165) is 11.8 Å². The van der Waals surface area contributed by atoms with Crippen LogP contribution in [-0.4, -0.2) is 0 Å². The molecule has 1 aliphatic rings. The second-order valence-electron chi connectivity index (χ2n) is 6.51. The molecule has 3 unspecified atom stereocenters. The van der Waals surface area contributed by atoms with Gasteiger partial charge in [-0.3, -0.25) is 0 Å². The molecule has 0 bridgehead atoms. The SMILES string of the molecule is Cc1c(C)c(C)c(C(Br)C2CCCC2C)c(C)c1C. The molecule has 19 heavy (non-hydrogen) atoms. The fourth-order valence-corrected chi connectivity index (χ4v) is 5.24. The lowest BCUT2D eigenvalue weighted by Crippen LogP contribution is -2.14. The summed E-state index contributed by atoms with van der Waals surface area (Å²) in [6.07, 6.45) is 4.17. The lowest BCUT2D eigenvalue weighted by atomic mass is 9.82. The van der Waals surface area contributed by atoms with Crippen LogP contribution in [0.3, 0.4) is 0 Å². The minimum absolute atomic E-state index is 0.531. The molecule has 1 aromatic carbocycles. The first-order valence-electron chi connectivity index (χ1n) is 7.57. The van der Waals surface area contributed by atoms with Crippen LogP contribution in [0, 0.1) is 46.5 Å². The Balaban J connectivity index is 2.50. The number of halogens is 1. The number of benzene rings is 1. The highest BCUT2D eigenvalue weighted by Gasteiger charge is 2.32. The van der Waals surface area contributed by atoms with Crippen molar-refractivity contribution in [2.75, 3.05) is 0 Å². The lowest BCUT2D eigenvalue weighted by Gasteiger charge is -2.28. The summed E-state index contributed by atoms with van der Waals surface area (Å²) in [4.78, 5) is 0.531. The van der Waals surface area contributed by atoms with Crippen molar-refractivity contribution in [2.24, 2.45) is 11.8 Å². The molecule has 1 saturated carbocycles. The van der Waals surface area contributed by atoms with Crippen molar-refractivity contribution in [1.82, 2.24) is 0 Å². The van der Waals surface area contributed by atoms with Crippen molar-refractivity contribution in [3.63, 3.8) is 0 Å². The van der Waals surface area contributed by atoms with Crippen LogP contribution in [-0.2, 0) is 0 Å². The quantitative estimate of drug-likeness (QED) is 0.577. The first-order valence-corrected chi connectivity index (χ1v) is 8.48. The zero-order chi connectivity index (χ0) is 14.3. The minimum Gasteiger partial charge on any atom is -0.0835 e. The van der Waals surface area contributed by atoms with Crippen LogP contribution in [0.15, 0.2) is 0 Å². The highest BCUT2D eigenvalue weighted by atomic mass is 79.9. The van der Waals surface area contributed by atoms with E-state index in [9.17, 15) is 0 Å². The highest BCUT2D eigenvalue weighted by molar-refractivity contribution is 9.09. The van der Waals surface area contributed by atoms with Crippen molar-refractivity contribution < 1.29 is 0 Å². The Bertz CT molecular complexity index is 458. The monoisotopic (exact) mass is 322 g/mol. The average molecular weight is 323 g/mol. The van der Waals surface area contributed by atoms with Gasteiger partial charge in [-0.05, 0) is 86.3 Å². The summed E-state index contributed by atoms with van der Waals surface area (Å²) in [5, 5.41) is 0. The van der Waals surface area contributed by atoms with Gasteiger partial charge in [0.15, 0.2) is 0 Å². The summed E-state index contributed by atoms with van der Waals surface area (Å²) >= 11 is 4.05. The number of alkyl halides is 1. The fraction of sp³-hybridized carbons (Fsp3) is 0.667. The zero-order valence-electron chi connectivity index (χ0n) is 13.2. The summed E-state index contributed by atoms with van der Waals surface area (Å²) in [6.45, 7) is 13.8. The number of hydrogen-bond acceptors (Lipinski definition) is 0. The van der Waals surface area contributed by atoms with Crippen LogP contribution >= 0.6 is 15.9 Å². The summed E-state index contributed by atoms with van der Waals surface area (Å²) in [5.74, 6) is 1.66. The predicted molar refractivity (Wildman–Crippen MR) is 88.3 cm³/mol. The van der Waals surface area contributed by atoms with E-state index in [1.54, 1.807) is 5.56 Å². The maximum atomic E-state index is 4.05. The average Bonchev–Trinajstić information content (AvgIpc) is 2.80. The van der Waals surface area contributed by atoms with E-state index in [1.165, 1.54) is 47.1 Å². The predicted octanol–water partition coefficient (Wildman–Crippen LogP) is 6.10. The van der Waals surface area contributed by atoms with E-state index >= 15 is 0 Å². The van der Waals surface area contributed by atoms with Gasteiger partial charge in [0.1, 0.15) is 0 Å². The van der Waals surface area contributed by atoms with Crippen molar-refractivity contribution in [3.05, 3.63) is 33.4 Å². The van der Waals surface area contributed by atoms with Gasteiger partial charge in [0.05, 0.1) is 0 Å². The van der Waals surface area contributed by atoms with E-state index in [1.807, 2.05) is 0 Å². The Hall–Kier alpha value is -0.300. The second-order valence-corrected chi connectivity index (χ2v) is 7.50. The van der Waals surface area contributed by atoms with Gasteiger partial charge in [-0.15, -0.1) is 0 Å². The molecule has 0 radical (unpaired) electrons. The van der Waals surface area contributed by atoms with E-state index in [4.69, 9.17) is 0 Å².